The van der Waals surface area contributed by atoms with Crippen molar-refractivity contribution in [3.63, 3.8) is 0 Å². The Morgan fingerprint density at radius 2 is 1.41 bits per heavy atom. The predicted molar refractivity (Wildman–Crippen MR) is 89.0 cm³/mol. The van der Waals surface area contributed by atoms with Crippen molar-refractivity contribution in [2.24, 2.45) is 0 Å². The van der Waals surface area contributed by atoms with Gasteiger partial charge in [-0.3, -0.25) is 0 Å². The third kappa shape index (κ3) is 4.66. The molecular formula is C17H22N2O2S. The highest BCUT2D eigenvalue weighted by Crippen LogP contribution is 2.12. The van der Waals surface area contributed by atoms with E-state index in [1.807, 2.05) is 50.2 Å². The number of hydrogen-bond donors (Lipinski definition) is 2. The van der Waals surface area contributed by atoms with Crippen LogP contribution in [0.5, 0.6) is 0 Å². The van der Waals surface area contributed by atoms with Crippen LogP contribution in [0.15, 0.2) is 53.4 Å². The van der Waals surface area contributed by atoms with Gasteiger partial charge in [0.1, 0.15) is 0 Å². The van der Waals surface area contributed by atoms with Gasteiger partial charge in [0.2, 0.25) is 10.0 Å². The molecule has 2 rings (SSSR count). The summed E-state index contributed by atoms with van der Waals surface area (Å²) in [7, 11) is -3.48. The van der Waals surface area contributed by atoms with Crippen molar-refractivity contribution in [3.05, 3.63) is 65.2 Å². The van der Waals surface area contributed by atoms with E-state index in [-0.39, 0.29) is 0 Å². The average molecular weight is 318 g/mol. The number of benzene rings is 2. The fourth-order valence-corrected chi connectivity index (χ4v) is 3.04. The summed E-state index contributed by atoms with van der Waals surface area (Å²) in [4.78, 5) is 0.292. The molecular weight excluding hydrogens is 296 g/mol. The molecule has 0 heterocycles. The number of rotatable bonds is 7. The zero-order valence-electron chi connectivity index (χ0n) is 13.0. The highest BCUT2D eigenvalue weighted by atomic mass is 32.2. The minimum Gasteiger partial charge on any atom is -0.313 e. The van der Waals surface area contributed by atoms with Crippen LogP contribution in [-0.2, 0) is 23.1 Å². The molecule has 0 saturated carbocycles. The third-order valence-electron chi connectivity index (χ3n) is 3.40. The van der Waals surface area contributed by atoms with Crippen molar-refractivity contribution >= 4 is 10.0 Å². The Kier molecular flexibility index (Phi) is 5.71. The molecule has 0 aliphatic rings. The molecule has 4 nitrogen and oxygen atoms in total. The summed E-state index contributed by atoms with van der Waals surface area (Å²) < 4.78 is 27.2. The number of sulfonamides is 1. The predicted octanol–water partition coefficient (Wildman–Crippen LogP) is 2.58. The molecule has 0 amide bonds. The minimum atomic E-state index is -3.48. The first-order chi connectivity index (χ1) is 10.5. The molecule has 0 atom stereocenters. The van der Waals surface area contributed by atoms with Gasteiger partial charge in [-0.2, -0.15) is 0 Å². The van der Waals surface area contributed by atoms with Crippen LogP contribution in [0.3, 0.4) is 0 Å². The van der Waals surface area contributed by atoms with E-state index in [0.29, 0.717) is 11.4 Å². The highest BCUT2D eigenvalue weighted by Gasteiger charge is 2.13. The Morgan fingerprint density at radius 3 is 2.00 bits per heavy atom. The maximum atomic E-state index is 12.3. The van der Waals surface area contributed by atoms with Crippen LogP contribution in [0.25, 0.3) is 0 Å². The van der Waals surface area contributed by atoms with Crippen LogP contribution in [0.2, 0.25) is 0 Å². The molecule has 2 N–H and O–H groups in total. The Balaban J connectivity index is 2.01. The molecule has 22 heavy (non-hydrogen) atoms. The third-order valence-corrected chi connectivity index (χ3v) is 4.82. The summed E-state index contributed by atoms with van der Waals surface area (Å²) in [6.07, 6.45) is 0. The van der Waals surface area contributed by atoms with Crippen LogP contribution < -0.4 is 10.0 Å². The molecule has 2 aromatic rings. The molecule has 0 unspecified atom stereocenters. The van der Waals surface area contributed by atoms with Gasteiger partial charge in [-0.1, -0.05) is 48.9 Å². The molecule has 0 radical (unpaired) electrons. The molecule has 0 fully saturated rings. The van der Waals surface area contributed by atoms with Crippen LogP contribution in [-0.4, -0.2) is 15.0 Å². The van der Waals surface area contributed by atoms with Gasteiger partial charge < -0.3 is 5.32 Å². The number of aryl methyl sites for hydroxylation is 1. The number of nitrogens with one attached hydrogen (secondary N) is 2. The molecule has 118 valence electrons. The van der Waals surface area contributed by atoms with Crippen LogP contribution in [0.4, 0.5) is 0 Å². The van der Waals surface area contributed by atoms with E-state index < -0.39 is 10.0 Å². The second kappa shape index (κ2) is 7.54. The maximum absolute atomic E-state index is 12.3. The molecule has 5 heteroatoms. The summed E-state index contributed by atoms with van der Waals surface area (Å²) in [5.74, 6) is 0. The van der Waals surface area contributed by atoms with E-state index in [9.17, 15) is 8.42 Å². The molecule has 0 aliphatic carbocycles. The highest BCUT2D eigenvalue weighted by molar-refractivity contribution is 7.89. The molecule has 0 aromatic heterocycles. The van der Waals surface area contributed by atoms with Gasteiger partial charge in [0, 0.05) is 13.1 Å². The average Bonchev–Trinajstić information content (AvgIpc) is 2.53. The quantitative estimate of drug-likeness (QED) is 0.825. The normalized spacial score (nSPS) is 11.5. The molecule has 2 aromatic carbocycles. The van der Waals surface area contributed by atoms with Crippen molar-refractivity contribution in [1.82, 2.24) is 10.0 Å². The first-order valence-electron chi connectivity index (χ1n) is 7.36. The zero-order valence-corrected chi connectivity index (χ0v) is 13.8. The summed E-state index contributed by atoms with van der Waals surface area (Å²) in [6, 6.07) is 14.8. The molecule has 0 spiro atoms. The summed E-state index contributed by atoms with van der Waals surface area (Å²) in [5, 5.41) is 3.21. The van der Waals surface area contributed by atoms with Crippen molar-refractivity contribution in [2.75, 3.05) is 6.54 Å². The lowest BCUT2D eigenvalue weighted by Crippen LogP contribution is -2.23. The smallest absolute Gasteiger partial charge is 0.240 e. The SMILES string of the molecule is CCNCc1ccc(S(=O)(=O)NCc2ccc(C)cc2)cc1. The van der Waals surface area contributed by atoms with Gasteiger partial charge in [-0.15, -0.1) is 0 Å². The lowest BCUT2D eigenvalue weighted by Gasteiger charge is -2.08. The van der Waals surface area contributed by atoms with Gasteiger partial charge in [-0.05, 0) is 36.7 Å². The summed E-state index contributed by atoms with van der Waals surface area (Å²) in [5.41, 5.74) is 3.17. The Bertz CT molecular complexity index is 692. The largest absolute Gasteiger partial charge is 0.313 e. The van der Waals surface area contributed by atoms with E-state index >= 15 is 0 Å². The van der Waals surface area contributed by atoms with Crippen molar-refractivity contribution in [2.45, 2.75) is 31.8 Å². The Hall–Kier alpha value is -1.69. The Morgan fingerprint density at radius 1 is 0.864 bits per heavy atom. The van der Waals surface area contributed by atoms with E-state index in [2.05, 4.69) is 10.0 Å². The van der Waals surface area contributed by atoms with Gasteiger partial charge in [0.15, 0.2) is 0 Å². The van der Waals surface area contributed by atoms with Crippen molar-refractivity contribution in [1.29, 1.82) is 0 Å². The van der Waals surface area contributed by atoms with Crippen molar-refractivity contribution < 1.29 is 8.42 Å². The van der Waals surface area contributed by atoms with Gasteiger partial charge >= 0.3 is 0 Å². The van der Waals surface area contributed by atoms with Gasteiger partial charge in [-0.25, -0.2) is 13.1 Å². The van der Waals surface area contributed by atoms with Crippen LogP contribution >= 0.6 is 0 Å². The lowest BCUT2D eigenvalue weighted by molar-refractivity contribution is 0.581. The molecule has 0 bridgehead atoms. The van der Waals surface area contributed by atoms with E-state index in [0.717, 1.165) is 29.8 Å². The second-order valence-corrected chi connectivity index (χ2v) is 7.00. The zero-order chi connectivity index (χ0) is 16.0. The Labute approximate surface area is 132 Å². The van der Waals surface area contributed by atoms with Crippen LogP contribution in [0, 0.1) is 6.92 Å². The first-order valence-corrected chi connectivity index (χ1v) is 8.84. The molecule has 0 aliphatic heterocycles. The van der Waals surface area contributed by atoms with Crippen LogP contribution in [0.1, 0.15) is 23.6 Å². The van der Waals surface area contributed by atoms with E-state index in [1.165, 1.54) is 0 Å². The lowest BCUT2D eigenvalue weighted by atomic mass is 10.2. The van der Waals surface area contributed by atoms with Gasteiger partial charge in [0.05, 0.1) is 4.90 Å². The first kappa shape index (κ1) is 16.7. The topological polar surface area (TPSA) is 58.2 Å². The van der Waals surface area contributed by atoms with E-state index in [4.69, 9.17) is 0 Å². The standard InChI is InChI=1S/C17H22N2O2S/c1-3-18-12-15-8-10-17(11-9-15)22(20,21)19-13-16-6-4-14(2)5-7-16/h4-11,18-19H,3,12-13H2,1-2H3. The fraction of sp³-hybridized carbons (Fsp3) is 0.294. The van der Waals surface area contributed by atoms with E-state index in [1.54, 1.807) is 12.1 Å². The second-order valence-electron chi connectivity index (χ2n) is 5.23. The molecule has 0 saturated heterocycles. The number of hydrogen-bond acceptors (Lipinski definition) is 3. The summed E-state index contributed by atoms with van der Waals surface area (Å²) >= 11 is 0. The fourth-order valence-electron chi connectivity index (χ4n) is 2.02. The minimum absolute atomic E-state index is 0.292. The maximum Gasteiger partial charge on any atom is 0.240 e. The van der Waals surface area contributed by atoms with Gasteiger partial charge in [0.25, 0.3) is 0 Å². The summed E-state index contributed by atoms with van der Waals surface area (Å²) in [6.45, 7) is 5.96. The van der Waals surface area contributed by atoms with Crippen molar-refractivity contribution in [3.8, 4) is 0 Å². The monoisotopic (exact) mass is 318 g/mol.